The molecule has 0 saturated heterocycles. The van der Waals surface area contributed by atoms with E-state index < -0.39 is 0 Å². The van der Waals surface area contributed by atoms with Gasteiger partial charge in [-0.2, -0.15) is 0 Å². The first-order valence-corrected chi connectivity index (χ1v) is 8.53. The topological polar surface area (TPSA) is 30.9 Å². The fraction of sp³-hybridized carbons (Fsp3) is 0.714. The molecule has 2 heterocycles. The maximum Gasteiger partial charge on any atom is 0.147 e. The van der Waals surface area contributed by atoms with Gasteiger partial charge in [-0.3, -0.25) is 0 Å². The molecule has 0 N–H and O–H groups in total. The van der Waals surface area contributed by atoms with Gasteiger partial charge in [0.2, 0.25) is 0 Å². The van der Waals surface area contributed by atoms with Crippen LogP contribution in [0.2, 0.25) is 0 Å². The third-order valence-electron chi connectivity index (χ3n) is 3.11. The van der Waals surface area contributed by atoms with E-state index in [1.807, 2.05) is 23.1 Å². The summed E-state index contributed by atoms with van der Waals surface area (Å²) in [6, 6.07) is 2.18. The number of methoxy groups -OCH3 is 1. The summed E-state index contributed by atoms with van der Waals surface area (Å²) in [5, 5.41) is 2.73. The van der Waals surface area contributed by atoms with Crippen molar-refractivity contribution in [2.75, 3.05) is 47.8 Å². The molecular formula is C14H23NO3S2. The summed E-state index contributed by atoms with van der Waals surface area (Å²) in [5.41, 5.74) is 1.32. The van der Waals surface area contributed by atoms with E-state index in [-0.39, 0.29) is 6.10 Å². The Morgan fingerprint density at radius 3 is 2.95 bits per heavy atom. The van der Waals surface area contributed by atoms with Crippen LogP contribution in [0.3, 0.4) is 0 Å². The lowest BCUT2D eigenvalue weighted by molar-refractivity contribution is -0.102. The van der Waals surface area contributed by atoms with Crippen LogP contribution in [-0.2, 0) is 14.2 Å². The molecule has 20 heavy (non-hydrogen) atoms. The minimum Gasteiger partial charge on any atom is -0.382 e. The van der Waals surface area contributed by atoms with Crippen molar-refractivity contribution in [2.24, 2.45) is 0 Å². The average molecular weight is 317 g/mol. The molecule has 2 unspecified atom stereocenters. The Balaban J connectivity index is 1.87. The number of hydrogen-bond acceptors (Lipinski definition) is 6. The summed E-state index contributed by atoms with van der Waals surface area (Å²) in [6.07, 6.45) is 1.20. The van der Waals surface area contributed by atoms with Crippen molar-refractivity contribution < 1.29 is 14.2 Å². The number of thioether (sulfide) groups is 1. The van der Waals surface area contributed by atoms with Crippen LogP contribution < -0.4 is 0 Å². The molecule has 1 aromatic heterocycles. The second-order valence-corrected chi connectivity index (χ2v) is 7.56. The molecule has 0 amide bonds. The van der Waals surface area contributed by atoms with Crippen molar-refractivity contribution in [3.05, 3.63) is 17.0 Å². The van der Waals surface area contributed by atoms with Crippen LogP contribution in [-0.4, -0.2) is 57.9 Å². The Labute approximate surface area is 129 Å². The van der Waals surface area contributed by atoms with Crippen LogP contribution in [0.15, 0.2) is 15.7 Å². The molecule has 114 valence electrons. The molecule has 1 aliphatic rings. The summed E-state index contributed by atoms with van der Waals surface area (Å²) in [6.45, 7) is 2.60. The lowest BCUT2D eigenvalue weighted by Crippen LogP contribution is -2.28. The van der Waals surface area contributed by atoms with Crippen molar-refractivity contribution in [3.63, 3.8) is 0 Å². The highest BCUT2D eigenvalue weighted by molar-refractivity contribution is 8.01. The quantitative estimate of drug-likeness (QED) is 0.543. The predicted molar refractivity (Wildman–Crippen MR) is 83.7 cm³/mol. The van der Waals surface area contributed by atoms with Crippen LogP contribution in [0.1, 0.15) is 18.1 Å². The Hall–Kier alpha value is -0.110. The van der Waals surface area contributed by atoms with E-state index in [4.69, 9.17) is 14.2 Å². The number of ether oxygens (including phenoxy) is 3. The number of thiophene rings is 1. The highest BCUT2D eigenvalue weighted by Crippen LogP contribution is 2.45. The monoisotopic (exact) mass is 317 g/mol. The normalized spacial score (nSPS) is 22.2. The molecule has 2 atom stereocenters. The highest BCUT2D eigenvalue weighted by Gasteiger charge is 2.29. The highest BCUT2D eigenvalue weighted by atomic mass is 32.2. The summed E-state index contributed by atoms with van der Waals surface area (Å²) >= 11 is 3.79. The van der Waals surface area contributed by atoms with E-state index in [9.17, 15) is 0 Å². The third-order valence-corrected chi connectivity index (χ3v) is 5.53. The minimum absolute atomic E-state index is 0.157. The first-order chi connectivity index (χ1) is 9.70. The van der Waals surface area contributed by atoms with E-state index in [0.29, 0.717) is 25.3 Å². The van der Waals surface area contributed by atoms with E-state index in [2.05, 4.69) is 30.4 Å². The maximum absolute atomic E-state index is 5.92. The molecule has 0 aliphatic carbocycles. The predicted octanol–water partition coefficient (Wildman–Crippen LogP) is 2.85. The van der Waals surface area contributed by atoms with Gasteiger partial charge in [-0.1, -0.05) is 0 Å². The second kappa shape index (κ2) is 8.36. The standard InChI is InChI=1S/C14H23NO3S2/c1-15(2)9-11-8-13(18-10-17-6-5-16-3)12-4-7-19-14(12)20-11/h4,7,11,13H,5-6,8-10H2,1-3H3. The van der Waals surface area contributed by atoms with Crippen LogP contribution in [0, 0.1) is 0 Å². The molecule has 0 radical (unpaired) electrons. The van der Waals surface area contributed by atoms with Gasteiger partial charge >= 0.3 is 0 Å². The molecule has 1 aromatic rings. The number of hydrogen-bond donors (Lipinski definition) is 0. The van der Waals surface area contributed by atoms with Gasteiger partial charge < -0.3 is 19.1 Å². The van der Waals surface area contributed by atoms with Crippen molar-refractivity contribution in [3.8, 4) is 0 Å². The van der Waals surface area contributed by atoms with Gasteiger partial charge in [-0.15, -0.1) is 23.1 Å². The summed E-state index contributed by atoms with van der Waals surface area (Å²) in [7, 11) is 5.91. The lowest BCUT2D eigenvalue weighted by Gasteiger charge is -2.30. The molecule has 6 heteroatoms. The summed E-state index contributed by atoms with van der Waals surface area (Å²) in [5.74, 6) is 0. The Morgan fingerprint density at radius 1 is 1.35 bits per heavy atom. The third kappa shape index (κ3) is 4.72. The van der Waals surface area contributed by atoms with Crippen molar-refractivity contribution in [2.45, 2.75) is 22.0 Å². The molecule has 4 nitrogen and oxygen atoms in total. The van der Waals surface area contributed by atoms with Gasteiger partial charge in [0, 0.05) is 24.5 Å². The minimum atomic E-state index is 0.157. The van der Waals surface area contributed by atoms with Gasteiger partial charge in [-0.05, 0) is 32.0 Å². The number of rotatable bonds is 8. The molecule has 1 aliphatic heterocycles. The zero-order valence-corrected chi connectivity index (χ0v) is 14.0. The van der Waals surface area contributed by atoms with Crippen molar-refractivity contribution >= 4 is 23.1 Å². The molecule has 0 saturated carbocycles. The van der Waals surface area contributed by atoms with Gasteiger partial charge in [0.25, 0.3) is 0 Å². The zero-order chi connectivity index (χ0) is 14.4. The van der Waals surface area contributed by atoms with Gasteiger partial charge in [0.05, 0.1) is 23.5 Å². The molecule has 0 fully saturated rings. The molecule has 0 spiro atoms. The molecule has 0 aromatic carbocycles. The zero-order valence-electron chi connectivity index (χ0n) is 12.3. The maximum atomic E-state index is 5.92. The summed E-state index contributed by atoms with van der Waals surface area (Å²) < 4.78 is 17.7. The van der Waals surface area contributed by atoms with E-state index in [1.54, 1.807) is 7.11 Å². The summed E-state index contributed by atoms with van der Waals surface area (Å²) in [4.78, 5) is 2.24. The van der Waals surface area contributed by atoms with Crippen LogP contribution in [0.5, 0.6) is 0 Å². The SMILES string of the molecule is COCCOCOC1CC(CN(C)C)Sc2sccc21. The second-order valence-electron chi connectivity index (χ2n) is 5.08. The van der Waals surface area contributed by atoms with Crippen LogP contribution >= 0.6 is 23.1 Å². The average Bonchev–Trinajstić information content (AvgIpc) is 2.86. The number of fused-ring (bicyclic) bond motifs is 1. The fourth-order valence-electron chi connectivity index (χ4n) is 2.21. The Morgan fingerprint density at radius 2 is 2.20 bits per heavy atom. The Kier molecular flexibility index (Phi) is 6.80. The Bertz CT molecular complexity index is 398. The van der Waals surface area contributed by atoms with Gasteiger partial charge in [0.15, 0.2) is 0 Å². The van der Waals surface area contributed by atoms with E-state index in [0.717, 1.165) is 13.0 Å². The van der Waals surface area contributed by atoms with Gasteiger partial charge in [0.1, 0.15) is 6.79 Å². The smallest absolute Gasteiger partial charge is 0.147 e. The fourth-order valence-corrected chi connectivity index (χ4v) is 4.97. The molecular weight excluding hydrogens is 294 g/mol. The van der Waals surface area contributed by atoms with Gasteiger partial charge in [-0.25, -0.2) is 0 Å². The van der Waals surface area contributed by atoms with Crippen molar-refractivity contribution in [1.82, 2.24) is 4.90 Å². The van der Waals surface area contributed by atoms with E-state index >= 15 is 0 Å². The molecule has 2 rings (SSSR count). The first-order valence-electron chi connectivity index (χ1n) is 6.77. The first kappa shape index (κ1) is 16.3. The molecule has 0 bridgehead atoms. The number of nitrogens with zero attached hydrogens (tertiary/aromatic N) is 1. The van der Waals surface area contributed by atoms with Crippen LogP contribution in [0.25, 0.3) is 0 Å². The lowest BCUT2D eigenvalue weighted by atomic mass is 10.1. The van der Waals surface area contributed by atoms with E-state index in [1.165, 1.54) is 9.77 Å². The largest absolute Gasteiger partial charge is 0.382 e. The van der Waals surface area contributed by atoms with Crippen LogP contribution in [0.4, 0.5) is 0 Å². The van der Waals surface area contributed by atoms with Crippen molar-refractivity contribution in [1.29, 1.82) is 0 Å².